The number of benzene rings is 2. The third kappa shape index (κ3) is 3.95. The molecule has 0 saturated carbocycles. The van der Waals surface area contributed by atoms with Crippen molar-refractivity contribution in [2.24, 2.45) is 5.92 Å². The van der Waals surface area contributed by atoms with Crippen LogP contribution in [0.5, 0.6) is 11.5 Å². The molecule has 27 heavy (non-hydrogen) atoms. The molecule has 2 aromatic carbocycles. The van der Waals surface area contributed by atoms with Gasteiger partial charge in [-0.25, -0.2) is 0 Å². The number of ether oxygens (including phenoxy) is 2. The van der Waals surface area contributed by atoms with Gasteiger partial charge in [0.05, 0.1) is 11.3 Å². The molecular weight excluding hydrogens is 344 g/mol. The number of hydrogen-bond donors (Lipinski definition) is 2. The van der Waals surface area contributed by atoms with Gasteiger partial charge in [-0.3, -0.25) is 9.59 Å². The molecule has 0 radical (unpaired) electrons. The predicted octanol–water partition coefficient (Wildman–Crippen LogP) is 3.96. The van der Waals surface area contributed by atoms with Crippen LogP contribution in [-0.4, -0.2) is 18.6 Å². The van der Waals surface area contributed by atoms with Crippen molar-refractivity contribution in [3.63, 3.8) is 0 Å². The first kappa shape index (κ1) is 17.1. The van der Waals surface area contributed by atoms with Crippen molar-refractivity contribution in [2.45, 2.75) is 19.3 Å². The van der Waals surface area contributed by atoms with E-state index < -0.39 is 0 Å². The van der Waals surface area contributed by atoms with Crippen LogP contribution in [0.4, 0.5) is 11.4 Å². The minimum absolute atomic E-state index is 0.0881. The molecular formula is C21H20N2O4. The highest BCUT2D eigenvalue weighted by molar-refractivity contribution is 6.10. The topological polar surface area (TPSA) is 76.7 Å². The van der Waals surface area contributed by atoms with E-state index in [9.17, 15) is 9.59 Å². The Morgan fingerprint density at radius 1 is 1.04 bits per heavy atom. The second-order valence-corrected chi connectivity index (χ2v) is 6.59. The molecule has 1 unspecified atom stereocenters. The van der Waals surface area contributed by atoms with Crippen molar-refractivity contribution in [3.05, 3.63) is 60.2 Å². The lowest BCUT2D eigenvalue weighted by Crippen LogP contribution is -2.19. The Morgan fingerprint density at radius 2 is 1.89 bits per heavy atom. The summed E-state index contributed by atoms with van der Waals surface area (Å²) < 4.78 is 10.6. The van der Waals surface area contributed by atoms with E-state index in [0.29, 0.717) is 34.9 Å². The monoisotopic (exact) mass is 364 g/mol. The highest BCUT2D eigenvalue weighted by Gasteiger charge is 2.18. The molecule has 0 aromatic heterocycles. The van der Waals surface area contributed by atoms with Gasteiger partial charge in [0, 0.05) is 18.2 Å². The second kappa shape index (κ2) is 7.53. The Bertz CT molecular complexity index is 907. The molecule has 4 rings (SSSR count). The summed E-state index contributed by atoms with van der Waals surface area (Å²) in [6.45, 7) is 0.178. The van der Waals surface area contributed by atoms with E-state index >= 15 is 0 Å². The van der Waals surface area contributed by atoms with Gasteiger partial charge in [0.2, 0.25) is 12.7 Å². The van der Waals surface area contributed by atoms with Crippen LogP contribution in [0, 0.1) is 5.92 Å². The lowest BCUT2D eigenvalue weighted by molar-refractivity contribution is -0.116. The van der Waals surface area contributed by atoms with E-state index in [0.717, 1.165) is 12.8 Å². The average Bonchev–Trinajstić information content (AvgIpc) is 3.33. The van der Waals surface area contributed by atoms with Gasteiger partial charge in [-0.1, -0.05) is 24.3 Å². The molecule has 2 amide bonds. The van der Waals surface area contributed by atoms with Crippen LogP contribution in [0.3, 0.4) is 0 Å². The fraction of sp³-hybridized carbons (Fsp3) is 0.238. The summed E-state index contributed by atoms with van der Waals surface area (Å²) >= 11 is 0. The predicted molar refractivity (Wildman–Crippen MR) is 102 cm³/mol. The normalized spacial score (nSPS) is 17.0. The summed E-state index contributed by atoms with van der Waals surface area (Å²) in [5.74, 6) is 1.14. The summed E-state index contributed by atoms with van der Waals surface area (Å²) in [5, 5.41) is 5.71. The lowest BCUT2D eigenvalue weighted by Gasteiger charge is -2.13. The van der Waals surface area contributed by atoms with Crippen LogP contribution in [0.2, 0.25) is 0 Å². The SMILES string of the molecule is O=C(CC1C=CCC1)Nc1ccccc1C(=O)Nc1ccc2c(c1)OCO2. The first-order chi connectivity index (χ1) is 13.2. The maximum absolute atomic E-state index is 12.7. The molecule has 1 atom stereocenters. The Kier molecular flexibility index (Phi) is 4.78. The van der Waals surface area contributed by atoms with Gasteiger partial charge in [-0.2, -0.15) is 0 Å². The number of carbonyl (C=O) groups excluding carboxylic acids is 2. The Morgan fingerprint density at radius 3 is 2.74 bits per heavy atom. The Hall–Kier alpha value is -3.28. The number of para-hydroxylation sites is 1. The highest BCUT2D eigenvalue weighted by atomic mass is 16.7. The van der Waals surface area contributed by atoms with Crippen LogP contribution in [0.1, 0.15) is 29.6 Å². The number of amides is 2. The van der Waals surface area contributed by atoms with Gasteiger partial charge in [0.25, 0.3) is 5.91 Å². The molecule has 2 aliphatic rings. The third-order valence-electron chi connectivity index (χ3n) is 4.64. The molecule has 1 aliphatic heterocycles. The quantitative estimate of drug-likeness (QED) is 0.787. The summed E-state index contributed by atoms with van der Waals surface area (Å²) in [7, 11) is 0. The van der Waals surface area contributed by atoms with Crippen LogP contribution in [0.25, 0.3) is 0 Å². The minimum Gasteiger partial charge on any atom is -0.454 e. The van der Waals surface area contributed by atoms with Crippen molar-refractivity contribution in [3.8, 4) is 11.5 Å². The summed E-state index contributed by atoms with van der Waals surface area (Å²) in [6.07, 6.45) is 6.63. The Balaban J connectivity index is 1.45. The molecule has 2 aromatic rings. The molecule has 0 bridgehead atoms. The maximum Gasteiger partial charge on any atom is 0.257 e. The first-order valence-corrected chi connectivity index (χ1v) is 8.95. The molecule has 138 valence electrons. The summed E-state index contributed by atoms with van der Waals surface area (Å²) in [4.78, 5) is 25.0. The zero-order valence-electron chi connectivity index (χ0n) is 14.7. The molecule has 2 N–H and O–H groups in total. The van der Waals surface area contributed by atoms with Crippen molar-refractivity contribution in [2.75, 3.05) is 17.4 Å². The zero-order valence-corrected chi connectivity index (χ0v) is 14.7. The van der Waals surface area contributed by atoms with Crippen molar-refractivity contribution in [1.29, 1.82) is 0 Å². The van der Waals surface area contributed by atoms with Gasteiger partial charge < -0.3 is 20.1 Å². The lowest BCUT2D eigenvalue weighted by atomic mass is 10.0. The number of anilines is 2. The number of nitrogens with one attached hydrogen (secondary N) is 2. The van der Waals surface area contributed by atoms with Crippen molar-refractivity contribution < 1.29 is 19.1 Å². The molecule has 0 fully saturated rings. The number of allylic oxidation sites excluding steroid dienone is 2. The fourth-order valence-electron chi connectivity index (χ4n) is 3.27. The van der Waals surface area contributed by atoms with E-state index in [-0.39, 0.29) is 24.5 Å². The second-order valence-electron chi connectivity index (χ2n) is 6.59. The number of fused-ring (bicyclic) bond motifs is 1. The number of rotatable bonds is 5. The summed E-state index contributed by atoms with van der Waals surface area (Å²) in [6, 6.07) is 12.2. The van der Waals surface area contributed by atoms with Gasteiger partial charge in [-0.15, -0.1) is 0 Å². The van der Waals surface area contributed by atoms with Crippen LogP contribution in [0.15, 0.2) is 54.6 Å². The van der Waals surface area contributed by atoms with E-state index in [1.54, 1.807) is 42.5 Å². The minimum atomic E-state index is -0.300. The van der Waals surface area contributed by atoms with Gasteiger partial charge in [0.15, 0.2) is 11.5 Å². The van der Waals surface area contributed by atoms with Gasteiger partial charge >= 0.3 is 0 Å². The Labute approximate surface area is 157 Å². The number of carbonyl (C=O) groups is 2. The van der Waals surface area contributed by atoms with E-state index in [2.05, 4.69) is 22.8 Å². The maximum atomic E-state index is 12.7. The molecule has 0 spiro atoms. The van der Waals surface area contributed by atoms with Crippen LogP contribution >= 0.6 is 0 Å². The molecule has 0 saturated heterocycles. The van der Waals surface area contributed by atoms with Gasteiger partial charge in [-0.05, 0) is 43.0 Å². The smallest absolute Gasteiger partial charge is 0.257 e. The van der Waals surface area contributed by atoms with Crippen molar-refractivity contribution >= 4 is 23.2 Å². The first-order valence-electron chi connectivity index (χ1n) is 8.95. The molecule has 1 aliphatic carbocycles. The summed E-state index contributed by atoms with van der Waals surface area (Å²) in [5.41, 5.74) is 1.51. The largest absolute Gasteiger partial charge is 0.454 e. The molecule has 6 heteroatoms. The van der Waals surface area contributed by atoms with E-state index in [1.165, 1.54) is 0 Å². The van der Waals surface area contributed by atoms with Crippen LogP contribution < -0.4 is 20.1 Å². The van der Waals surface area contributed by atoms with Gasteiger partial charge in [0.1, 0.15) is 0 Å². The van der Waals surface area contributed by atoms with Crippen molar-refractivity contribution in [1.82, 2.24) is 0 Å². The fourth-order valence-corrected chi connectivity index (χ4v) is 3.27. The molecule has 6 nitrogen and oxygen atoms in total. The van der Waals surface area contributed by atoms with E-state index in [1.807, 2.05) is 0 Å². The third-order valence-corrected chi connectivity index (χ3v) is 4.64. The number of hydrogen-bond acceptors (Lipinski definition) is 4. The van der Waals surface area contributed by atoms with E-state index in [4.69, 9.17) is 9.47 Å². The zero-order chi connectivity index (χ0) is 18.6. The molecule has 1 heterocycles. The average molecular weight is 364 g/mol. The standard InChI is InChI=1S/C21H20N2O4/c24-20(11-14-5-1-2-6-14)23-17-8-4-3-7-16(17)21(25)22-15-9-10-18-19(12-15)27-13-26-18/h1,3-5,7-10,12,14H,2,6,11,13H2,(H,22,25)(H,23,24). The highest BCUT2D eigenvalue weighted by Crippen LogP contribution is 2.34. The van der Waals surface area contributed by atoms with Crippen LogP contribution in [-0.2, 0) is 4.79 Å².